The number of benzene rings is 4. The summed E-state index contributed by atoms with van der Waals surface area (Å²) in [7, 11) is -4.24. The first-order chi connectivity index (χ1) is 22.2. The van der Waals surface area contributed by atoms with Crippen LogP contribution < -0.4 is 14.4 Å². The Morgan fingerprint density at radius 2 is 1.48 bits per heavy atom. The third-order valence-corrected chi connectivity index (χ3v) is 9.23. The normalized spacial score (nSPS) is 11.8. The van der Waals surface area contributed by atoms with Crippen molar-refractivity contribution >= 4 is 27.5 Å². The van der Waals surface area contributed by atoms with Gasteiger partial charge in [0.1, 0.15) is 24.2 Å². The third-order valence-electron chi connectivity index (χ3n) is 7.44. The van der Waals surface area contributed by atoms with Crippen molar-refractivity contribution in [3.05, 3.63) is 126 Å². The van der Waals surface area contributed by atoms with Crippen molar-refractivity contribution in [1.29, 1.82) is 0 Å². The van der Waals surface area contributed by atoms with E-state index in [0.29, 0.717) is 18.9 Å². The summed E-state index contributed by atoms with van der Waals surface area (Å²) in [6.45, 7) is 3.80. The van der Waals surface area contributed by atoms with Gasteiger partial charge < -0.3 is 15.0 Å². The zero-order chi connectivity index (χ0) is 32.9. The van der Waals surface area contributed by atoms with Gasteiger partial charge in [-0.3, -0.25) is 13.9 Å². The average Bonchev–Trinajstić information content (AvgIpc) is 3.07. The first-order valence-corrected chi connectivity index (χ1v) is 16.8. The molecular formula is C36H40FN3O5S. The maximum absolute atomic E-state index is 15.0. The second-order valence-corrected chi connectivity index (χ2v) is 12.6. The molecule has 0 spiro atoms. The van der Waals surface area contributed by atoms with Crippen LogP contribution in [0, 0.1) is 5.82 Å². The molecule has 10 heteroatoms. The summed E-state index contributed by atoms with van der Waals surface area (Å²) in [6, 6.07) is 28.4. The van der Waals surface area contributed by atoms with Crippen molar-refractivity contribution in [3.8, 4) is 5.75 Å². The number of ether oxygens (including phenoxy) is 1. The van der Waals surface area contributed by atoms with Crippen LogP contribution in [0.1, 0.15) is 37.8 Å². The van der Waals surface area contributed by atoms with Crippen LogP contribution in [0.3, 0.4) is 0 Å². The number of anilines is 1. The van der Waals surface area contributed by atoms with Crippen LogP contribution in [0.25, 0.3) is 0 Å². The summed E-state index contributed by atoms with van der Waals surface area (Å²) in [5, 5.41) is 2.93. The topological polar surface area (TPSA) is 96.0 Å². The zero-order valence-electron chi connectivity index (χ0n) is 26.1. The average molecular weight is 646 g/mol. The Morgan fingerprint density at radius 1 is 0.848 bits per heavy atom. The van der Waals surface area contributed by atoms with Gasteiger partial charge in [-0.2, -0.15) is 0 Å². The van der Waals surface area contributed by atoms with Crippen LogP contribution in [-0.2, 0) is 32.6 Å². The summed E-state index contributed by atoms with van der Waals surface area (Å²) >= 11 is 0. The minimum Gasteiger partial charge on any atom is -0.494 e. The van der Waals surface area contributed by atoms with Crippen LogP contribution in [0.2, 0.25) is 0 Å². The van der Waals surface area contributed by atoms with Gasteiger partial charge in [0.15, 0.2) is 0 Å². The van der Waals surface area contributed by atoms with E-state index in [0.717, 1.165) is 22.7 Å². The van der Waals surface area contributed by atoms with Crippen molar-refractivity contribution in [1.82, 2.24) is 10.2 Å². The van der Waals surface area contributed by atoms with Gasteiger partial charge in [0.05, 0.1) is 17.2 Å². The largest absolute Gasteiger partial charge is 0.494 e. The Balaban J connectivity index is 1.79. The van der Waals surface area contributed by atoms with E-state index < -0.39 is 40.2 Å². The van der Waals surface area contributed by atoms with Crippen molar-refractivity contribution < 1.29 is 27.1 Å². The molecule has 0 fully saturated rings. The fourth-order valence-electron chi connectivity index (χ4n) is 4.99. The molecule has 0 aromatic heterocycles. The van der Waals surface area contributed by atoms with Crippen molar-refractivity contribution in [2.75, 3.05) is 24.0 Å². The molecule has 0 saturated heterocycles. The molecule has 0 unspecified atom stereocenters. The molecule has 1 atom stereocenters. The SMILES string of the molecule is CCCCNC(=O)[C@H](Cc1ccccc1)N(Cc1ccccc1F)C(=O)CN(c1ccc(OCC)cc1)S(=O)(=O)c1ccccc1. The van der Waals surface area contributed by atoms with E-state index in [1.807, 2.05) is 44.2 Å². The number of hydrogen-bond donors (Lipinski definition) is 1. The van der Waals surface area contributed by atoms with Gasteiger partial charge in [-0.15, -0.1) is 0 Å². The third kappa shape index (κ3) is 8.94. The molecule has 0 saturated carbocycles. The van der Waals surface area contributed by atoms with Gasteiger partial charge in [0.2, 0.25) is 11.8 Å². The Bertz CT molecular complexity index is 1670. The monoisotopic (exact) mass is 645 g/mol. The minimum absolute atomic E-state index is 0.00418. The number of hydrogen-bond acceptors (Lipinski definition) is 5. The molecular weight excluding hydrogens is 605 g/mol. The second kappa shape index (κ2) is 16.6. The number of carbonyl (C=O) groups excluding carboxylic acids is 2. The number of nitrogens with one attached hydrogen (secondary N) is 1. The Hall–Kier alpha value is -4.70. The molecule has 8 nitrogen and oxygen atoms in total. The summed E-state index contributed by atoms with van der Waals surface area (Å²) in [5.41, 5.74) is 1.23. The lowest BCUT2D eigenvalue weighted by Gasteiger charge is -2.34. The van der Waals surface area contributed by atoms with E-state index in [1.165, 1.54) is 23.1 Å². The number of amides is 2. The molecule has 46 heavy (non-hydrogen) atoms. The van der Waals surface area contributed by atoms with Crippen molar-refractivity contribution in [3.63, 3.8) is 0 Å². The fourth-order valence-corrected chi connectivity index (χ4v) is 6.43. The van der Waals surface area contributed by atoms with E-state index in [9.17, 15) is 18.0 Å². The highest BCUT2D eigenvalue weighted by atomic mass is 32.2. The van der Waals surface area contributed by atoms with Crippen LogP contribution in [0.4, 0.5) is 10.1 Å². The molecule has 4 aromatic carbocycles. The molecule has 0 heterocycles. The molecule has 2 amide bonds. The van der Waals surface area contributed by atoms with Gasteiger partial charge in [0.25, 0.3) is 10.0 Å². The fraction of sp³-hybridized carbons (Fsp3) is 0.278. The number of rotatable bonds is 16. The summed E-state index contributed by atoms with van der Waals surface area (Å²) in [6.07, 6.45) is 1.75. The lowest BCUT2D eigenvalue weighted by molar-refractivity contribution is -0.140. The first kappa shape index (κ1) is 34.2. The quantitative estimate of drug-likeness (QED) is 0.151. The molecule has 242 valence electrons. The van der Waals surface area contributed by atoms with E-state index in [-0.39, 0.29) is 29.1 Å². The number of carbonyl (C=O) groups is 2. The predicted molar refractivity (Wildman–Crippen MR) is 177 cm³/mol. The first-order valence-electron chi connectivity index (χ1n) is 15.4. The van der Waals surface area contributed by atoms with Gasteiger partial charge in [-0.1, -0.05) is 80.1 Å². The highest BCUT2D eigenvalue weighted by molar-refractivity contribution is 7.92. The van der Waals surface area contributed by atoms with E-state index in [2.05, 4.69) is 5.32 Å². The van der Waals surface area contributed by atoms with Crippen LogP contribution in [0.5, 0.6) is 5.75 Å². The second-order valence-electron chi connectivity index (χ2n) is 10.7. The zero-order valence-corrected chi connectivity index (χ0v) is 27.0. The smallest absolute Gasteiger partial charge is 0.264 e. The molecule has 4 rings (SSSR count). The molecule has 0 aliphatic rings. The summed E-state index contributed by atoms with van der Waals surface area (Å²) in [4.78, 5) is 29.5. The summed E-state index contributed by atoms with van der Waals surface area (Å²) in [5.74, 6) is -1.06. The van der Waals surface area contributed by atoms with Crippen molar-refractivity contribution in [2.24, 2.45) is 0 Å². The molecule has 0 bridgehead atoms. The molecule has 0 aliphatic carbocycles. The van der Waals surface area contributed by atoms with Crippen LogP contribution >= 0.6 is 0 Å². The number of halogens is 1. The van der Waals surface area contributed by atoms with Gasteiger partial charge in [-0.05, 0) is 61.4 Å². The standard InChI is InChI=1S/C36H40FN3O5S/c1-3-5-24-38-36(42)34(25-28-14-8-6-9-15-28)39(26-29-16-12-13-19-33(29)37)35(41)27-40(30-20-22-31(23-21-30)45-4-2)46(43,44)32-17-10-7-11-18-32/h6-23,34H,3-5,24-27H2,1-2H3,(H,38,42)/t34-/m0/s1. The lowest BCUT2D eigenvalue weighted by atomic mass is 10.0. The highest BCUT2D eigenvalue weighted by Gasteiger charge is 2.35. The van der Waals surface area contributed by atoms with Gasteiger partial charge >= 0.3 is 0 Å². The molecule has 1 N–H and O–H groups in total. The summed E-state index contributed by atoms with van der Waals surface area (Å²) < 4.78 is 49.7. The Morgan fingerprint density at radius 3 is 2.11 bits per heavy atom. The van der Waals surface area contributed by atoms with Gasteiger partial charge in [-0.25, -0.2) is 12.8 Å². The van der Waals surface area contributed by atoms with E-state index in [1.54, 1.807) is 60.7 Å². The Labute approximate surface area is 270 Å². The Kier molecular flexibility index (Phi) is 12.3. The highest BCUT2D eigenvalue weighted by Crippen LogP contribution is 2.27. The van der Waals surface area contributed by atoms with Crippen LogP contribution in [-0.4, -0.2) is 50.9 Å². The van der Waals surface area contributed by atoms with E-state index in [4.69, 9.17) is 4.74 Å². The lowest BCUT2D eigenvalue weighted by Crippen LogP contribution is -2.53. The van der Waals surface area contributed by atoms with Crippen LogP contribution in [0.15, 0.2) is 114 Å². The number of sulfonamides is 1. The predicted octanol–water partition coefficient (Wildman–Crippen LogP) is 5.98. The number of nitrogens with zero attached hydrogens (tertiary/aromatic N) is 2. The van der Waals surface area contributed by atoms with Crippen molar-refractivity contribution in [2.45, 2.75) is 50.6 Å². The van der Waals surface area contributed by atoms with E-state index >= 15 is 4.39 Å². The molecule has 0 aliphatic heterocycles. The minimum atomic E-state index is -4.24. The maximum atomic E-state index is 15.0. The molecule has 0 radical (unpaired) electrons. The number of unbranched alkanes of at least 4 members (excludes halogenated alkanes) is 1. The maximum Gasteiger partial charge on any atom is 0.264 e. The molecule has 4 aromatic rings. The van der Waals surface area contributed by atoms with Gasteiger partial charge in [0, 0.05) is 25.1 Å².